The van der Waals surface area contributed by atoms with Crippen LogP contribution in [0, 0.1) is 0 Å². The molecule has 2 aromatic carbocycles. The second-order valence-electron chi connectivity index (χ2n) is 6.80. The fourth-order valence-electron chi connectivity index (χ4n) is 3.58. The molecule has 0 bridgehead atoms. The van der Waals surface area contributed by atoms with Gasteiger partial charge in [-0.15, -0.1) is 0 Å². The van der Waals surface area contributed by atoms with Gasteiger partial charge in [-0.1, -0.05) is 24.3 Å². The number of carbonyl (C=O) groups excluding carboxylic acids is 2. The van der Waals surface area contributed by atoms with Gasteiger partial charge in [0.05, 0.1) is 11.3 Å². The van der Waals surface area contributed by atoms with Crippen LogP contribution in [0.5, 0.6) is 0 Å². The highest BCUT2D eigenvalue weighted by molar-refractivity contribution is 5.98. The summed E-state index contributed by atoms with van der Waals surface area (Å²) in [5.74, 6) is 0.0869. The zero-order chi connectivity index (χ0) is 18.8. The lowest BCUT2D eigenvalue weighted by molar-refractivity contribution is 0.0762. The monoisotopic (exact) mass is 359 g/mol. The first-order valence-electron chi connectivity index (χ1n) is 9.14. The zero-order valence-electron chi connectivity index (χ0n) is 15.3. The van der Waals surface area contributed by atoms with Gasteiger partial charge < -0.3 is 4.90 Å². The number of fused-ring (bicyclic) bond motifs is 1. The van der Waals surface area contributed by atoms with Crippen LogP contribution in [0.1, 0.15) is 38.8 Å². The van der Waals surface area contributed by atoms with E-state index in [0.29, 0.717) is 18.7 Å². The van der Waals surface area contributed by atoms with Gasteiger partial charge >= 0.3 is 0 Å². The largest absolute Gasteiger partial charge is 0.338 e. The second-order valence-corrected chi connectivity index (χ2v) is 6.80. The van der Waals surface area contributed by atoms with Crippen molar-refractivity contribution >= 4 is 11.7 Å². The number of hydrogen-bond acceptors (Lipinski definition) is 3. The summed E-state index contributed by atoms with van der Waals surface area (Å²) in [7, 11) is 0. The Bertz CT molecular complexity index is 993. The summed E-state index contributed by atoms with van der Waals surface area (Å²) < 4.78 is 1.72. The molecule has 0 atom stereocenters. The van der Waals surface area contributed by atoms with Crippen molar-refractivity contribution in [1.29, 1.82) is 0 Å². The van der Waals surface area contributed by atoms with Gasteiger partial charge in [0.15, 0.2) is 5.78 Å². The normalized spacial score (nSPS) is 13.7. The summed E-state index contributed by atoms with van der Waals surface area (Å²) in [5.41, 5.74) is 4.55. The summed E-state index contributed by atoms with van der Waals surface area (Å²) in [6, 6.07) is 15.3. The maximum absolute atomic E-state index is 13.2. The van der Waals surface area contributed by atoms with Gasteiger partial charge in [0.2, 0.25) is 0 Å². The summed E-state index contributed by atoms with van der Waals surface area (Å²) in [4.78, 5) is 26.8. The van der Waals surface area contributed by atoms with Gasteiger partial charge in [-0.2, -0.15) is 5.10 Å². The molecule has 1 aromatic heterocycles. The standard InChI is InChI=1S/C22H21N3O2/c1-16(26)18-8-7-17-9-13-24(14-10-19(17)15-18)22(27)20-5-2-3-6-21(20)25-12-4-11-23-25/h2-8,11-12,15H,9-10,13-14H2,1H3. The van der Waals surface area contributed by atoms with Gasteiger partial charge in [-0.05, 0) is 55.2 Å². The summed E-state index contributed by atoms with van der Waals surface area (Å²) in [5, 5.41) is 4.27. The molecule has 5 nitrogen and oxygen atoms in total. The second kappa shape index (κ2) is 7.19. The maximum Gasteiger partial charge on any atom is 0.256 e. The Morgan fingerprint density at radius 3 is 2.48 bits per heavy atom. The van der Waals surface area contributed by atoms with Crippen molar-refractivity contribution in [1.82, 2.24) is 14.7 Å². The number of Topliss-reactive ketones (excluding diaryl/α,β-unsaturated/α-hetero) is 1. The van der Waals surface area contributed by atoms with E-state index in [1.807, 2.05) is 59.6 Å². The van der Waals surface area contributed by atoms with Gasteiger partial charge in [0.25, 0.3) is 5.91 Å². The minimum atomic E-state index is 0.0145. The fourth-order valence-corrected chi connectivity index (χ4v) is 3.58. The maximum atomic E-state index is 13.2. The molecule has 4 rings (SSSR count). The van der Waals surface area contributed by atoms with Crippen molar-refractivity contribution in [3.05, 3.63) is 83.2 Å². The number of benzene rings is 2. The first-order chi connectivity index (χ1) is 13.1. The Kier molecular flexibility index (Phi) is 4.59. The number of nitrogens with zero attached hydrogens (tertiary/aromatic N) is 3. The molecule has 0 saturated carbocycles. The van der Waals surface area contributed by atoms with Crippen LogP contribution < -0.4 is 0 Å². The molecule has 1 amide bonds. The van der Waals surface area contributed by atoms with Gasteiger partial charge in [-0.25, -0.2) is 4.68 Å². The molecule has 0 radical (unpaired) electrons. The lowest BCUT2D eigenvalue weighted by Crippen LogP contribution is -2.34. The third kappa shape index (κ3) is 3.40. The van der Waals surface area contributed by atoms with E-state index in [0.717, 1.165) is 24.1 Å². The molecule has 5 heteroatoms. The lowest BCUT2D eigenvalue weighted by Gasteiger charge is -2.21. The Morgan fingerprint density at radius 1 is 0.963 bits per heavy atom. The highest BCUT2D eigenvalue weighted by Crippen LogP contribution is 2.21. The number of carbonyl (C=O) groups is 2. The molecule has 1 aliphatic rings. The molecule has 0 unspecified atom stereocenters. The number of amides is 1. The van der Waals surface area contributed by atoms with Gasteiger partial charge in [-0.3, -0.25) is 9.59 Å². The van der Waals surface area contributed by atoms with Crippen molar-refractivity contribution in [2.75, 3.05) is 13.1 Å². The van der Waals surface area contributed by atoms with Gasteiger partial charge in [0.1, 0.15) is 0 Å². The highest BCUT2D eigenvalue weighted by atomic mass is 16.2. The molecule has 0 aliphatic carbocycles. The van der Waals surface area contributed by atoms with Crippen molar-refractivity contribution in [3.8, 4) is 5.69 Å². The smallest absolute Gasteiger partial charge is 0.256 e. The molecular formula is C22H21N3O2. The molecule has 0 N–H and O–H groups in total. The number of ketones is 1. The molecule has 0 spiro atoms. The SMILES string of the molecule is CC(=O)c1ccc2c(c1)CCN(C(=O)c1ccccc1-n1cccn1)CC2. The van der Waals surface area contributed by atoms with Crippen molar-refractivity contribution in [2.45, 2.75) is 19.8 Å². The predicted molar refractivity (Wildman–Crippen MR) is 103 cm³/mol. The number of para-hydroxylation sites is 1. The van der Waals surface area contributed by atoms with E-state index in [9.17, 15) is 9.59 Å². The number of rotatable bonds is 3. The van der Waals surface area contributed by atoms with Gasteiger partial charge in [0, 0.05) is 31.0 Å². The third-order valence-electron chi connectivity index (χ3n) is 5.09. The van der Waals surface area contributed by atoms with E-state index in [2.05, 4.69) is 5.10 Å². The van der Waals surface area contributed by atoms with Crippen LogP contribution in [0.15, 0.2) is 60.9 Å². The van der Waals surface area contributed by atoms with E-state index in [-0.39, 0.29) is 11.7 Å². The number of hydrogen-bond donors (Lipinski definition) is 0. The van der Waals surface area contributed by atoms with E-state index in [4.69, 9.17) is 0 Å². The molecule has 2 heterocycles. The van der Waals surface area contributed by atoms with Crippen LogP contribution in [-0.2, 0) is 12.8 Å². The Hall–Kier alpha value is -3.21. The van der Waals surface area contributed by atoms with Crippen LogP contribution >= 0.6 is 0 Å². The molecule has 0 saturated heterocycles. The average molecular weight is 359 g/mol. The Morgan fingerprint density at radius 2 is 1.74 bits per heavy atom. The predicted octanol–water partition coefficient (Wildman–Crippen LogP) is 3.32. The molecule has 27 heavy (non-hydrogen) atoms. The Labute approximate surface area is 158 Å². The molecule has 0 fully saturated rings. The van der Waals surface area contributed by atoms with Crippen molar-refractivity contribution in [3.63, 3.8) is 0 Å². The molecule has 136 valence electrons. The minimum absolute atomic E-state index is 0.0145. The van der Waals surface area contributed by atoms with Crippen LogP contribution in [0.4, 0.5) is 0 Å². The summed E-state index contributed by atoms with van der Waals surface area (Å²) in [6.45, 7) is 2.89. The van der Waals surface area contributed by atoms with Crippen LogP contribution in [-0.4, -0.2) is 39.5 Å². The van der Waals surface area contributed by atoms with E-state index >= 15 is 0 Å². The van der Waals surface area contributed by atoms with Crippen LogP contribution in [0.2, 0.25) is 0 Å². The highest BCUT2D eigenvalue weighted by Gasteiger charge is 2.22. The van der Waals surface area contributed by atoms with E-state index in [1.54, 1.807) is 17.8 Å². The summed E-state index contributed by atoms with van der Waals surface area (Å²) >= 11 is 0. The van der Waals surface area contributed by atoms with E-state index in [1.165, 1.54) is 11.1 Å². The van der Waals surface area contributed by atoms with Crippen molar-refractivity contribution < 1.29 is 9.59 Å². The van der Waals surface area contributed by atoms with Crippen LogP contribution in [0.25, 0.3) is 5.69 Å². The molecule has 3 aromatic rings. The number of aromatic nitrogens is 2. The Balaban J connectivity index is 1.59. The minimum Gasteiger partial charge on any atom is -0.338 e. The lowest BCUT2D eigenvalue weighted by atomic mass is 9.99. The zero-order valence-corrected chi connectivity index (χ0v) is 15.3. The van der Waals surface area contributed by atoms with Crippen molar-refractivity contribution in [2.24, 2.45) is 0 Å². The summed E-state index contributed by atoms with van der Waals surface area (Å²) in [6.07, 6.45) is 5.10. The quantitative estimate of drug-likeness (QED) is 0.674. The van der Waals surface area contributed by atoms with E-state index < -0.39 is 0 Å². The first kappa shape index (κ1) is 17.2. The van der Waals surface area contributed by atoms with Crippen LogP contribution in [0.3, 0.4) is 0 Å². The average Bonchev–Trinajstić information content (AvgIpc) is 3.14. The topological polar surface area (TPSA) is 55.2 Å². The third-order valence-corrected chi connectivity index (χ3v) is 5.09. The molecule has 1 aliphatic heterocycles. The molecular weight excluding hydrogens is 338 g/mol. The fraction of sp³-hybridized carbons (Fsp3) is 0.227. The first-order valence-corrected chi connectivity index (χ1v) is 9.14.